The fourth-order valence-corrected chi connectivity index (χ4v) is 1.09. The van der Waals surface area contributed by atoms with E-state index < -0.39 is 6.04 Å². The van der Waals surface area contributed by atoms with Crippen LogP contribution in [0.15, 0.2) is 29.4 Å². The van der Waals surface area contributed by atoms with Crippen molar-refractivity contribution in [2.45, 2.75) is 6.04 Å². The summed E-state index contributed by atoms with van der Waals surface area (Å²) in [5.41, 5.74) is 0.455. The fraction of sp³-hybridized carbons (Fsp3) is 0.125. The summed E-state index contributed by atoms with van der Waals surface area (Å²) in [6.45, 7) is 0. The van der Waals surface area contributed by atoms with Crippen molar-refractivity contribution < 1.29 is 0 Å². The second-order valence-electron chi connectivity index (χ2n) is 2.16. The van der Waals surface area contributed by atoms with E-state index in [0.717, 1.165) is 0 Å². The summed E-state index contributed by atoms with van der Waals surface area (Å²) >= 11 is 5.73. The highest BCUT2D eigenvalue weighted by molar-refractivity contribution is 6.31. The third kappa shape index (κ3) is 1.60. The van der Waals surface area contributed by atoms with Gasteiger partial charge in [0, 0.05) is 10.6 Å². The number of rotatable bonds is 2. The maximum absolute atomic E-state index is 10.2. The van der Waals surface area contributed by atoms with E-state index in [2.05, 4.69) is 5.18 Å². The largest absolute Gasteiger partial charge is 0.204 e. The molecule has 0 radical (unpaired) electrons. The molecule has 0 aromatic heterocycles. The number of nitriles is 1. The van der Waals surface area contributed by atoms with E-state index in [1.807, 2.05) is 0 Å². The van der Waals surface area contributed by atoms with Crippen molar-refractivity contribution in [3.8, 4) is 6.07 Å². The Morgan fingerprint density at radius 3 is 2.67 bits per heavy atom. The van der Waals surface area contributed by atoms with Gasteiger partial charge in [0.15, 0.2) is 0 Å². The first-order chi connectivity index (χ1) is 5.79. The van der Waals surface area contributed by atoms with Crippen LogP contribution in [-0.4, -0.2) is 0 Å². The third-order valence-corrected chi connectivity index (χ3v) is 1.77. The Hall–Kier alpha value is -1.40. The minimum Gasteiger partial charge on any atom is -0.195 e. The lowest BCUT2D eigenvalue weighted by atomic mass is 10.1. The molecule has 0 aliphatic carbocycles. The van der Waals surface area contributed by atoms with Crippen molar-refractivity contribution >= 4 is 11.6 Å². The molecule has 1 atom stereocenters. The summed E-state index contributed by atoms with van der Waals surface area (Å²) in [5, 5.41) is 11.5. The molecule has 12 heavy (non-hydrogen) atoms. The third-order valence-electron chi connectivity index (χ3n) is 1.43. The normalized spacial score (nSPS) is 11.7. The van der Waals surface area contributed by atoms with E-state index in [-0.39, 0.29) is 0 Å². The van der Waals surface area contributed by atoms with Crippen molar-refractivity contribution in [2.75, 3.05) is 0 Å². The molecule has 0 saturated carbocycles. The number of hydrogen-bond acceptors (Lipinski definition) is 3. The lowest BCUT2D eigenvalue weighted by Gasteiger charge is -2.01. The van der Waals surface area contributed by atoms with Crippen LogP contribution < -0.4 is 0 Å². The molecule has 0 saturated heterocycles. The van der Waals surface area contributed by atoms with Gasteiger partial charge in [-0.2, -0.15) is 5.26 Å². The van der Waals surface area contributed by atoms with Crippen LogP contribution in [0.1, 0.15) is 11.6 Å². The number of nitrogens with zero attached hydrogens (tertiary/aromatic N) is 2. The zero-order valence-corrected chi connectivity index (χ0v) is 6.82. The Bertz CT molecular complexity index is 332. The molecule has 3 nitrogen and oxygen atoms in total. The Kier molecular flexibility index (Phi) is 2.78. The lowest BCUT2D eigenvalue weighted by molar-refractivity contribution is 0.917. The lowest BCUT2D eigenvalue weighted by Crippen LogP contribution is -1.90. The molecule has 0 fully saturated rings. The summed E-state index contributed by atoms with van der Waals surface area (Å²) < 4.78 is 0. The second kappa shape index (κ2) is 3.84. The molecule has 0 bridgehead atoms. The molecular formula is C8H5ClN2O. The van der Waals surface area contributed by atoms with Gasteiger partial charge in [-0.15, -0.1) is 4.91 Å². The van der Waals surface area contributed by atoms with Gasteiger partial charge >= 0.3 is 0 Å². The molecular weight excluding hydrogens is 176 g/mol. The van der Waals surface area contributed by atoms with Gasteiger partial charge in [-0.1, -0.05) is 29.8 Å². The monoisotopic (exact) mass is 180 g/mol. The zero-order valence-electron chi connectivity index (χ0n) is 6.07. The van der Waals surface area contributed by atoms with Gasteiger partial charge in [0.2, 0.25) is 6.04 Å². The molecule has 1 rings (SSSR count). The molecule has 1 aromatic carbocycles. The first-order valence-electron chi connectivity index (χ1n) is 3.26. The Morgan fingerprint density at radius 2 is 2.17 bits per heavy atom. The highest BCUT2D eigenvalue weighted by Gasteiger charge is 2.12. The molecule has 0 aliphatic rings. The van der Waals surface area contributed by atoms with Gasteiger partial charge in [-0.3, -0.25) is 0 Å². The number of halogens is 1. The molecule has 0 N–H and O–H groups in total. The standard InChI is InChI=1S/C8H5ClN2O/c9-7-4-2-1-3-6(7)8(5-10)11-12/h1-4,8H. The average molecular weight is 181 g/mol. The predicted molar refractivity (Wildman–Crippen MR) is 45.6 cm³/mol. The van der Waals surface area contributed by atoms with E-state index in [1.54, 1.807) is 30.3 Å². The summed E-state index contributed by atoms with van der Waals surface area (Å²) in [7, 11) is 0. The van der Waals surface area contributed by atoms with Crippen LogP contribution >= 0.6 is 11.6 Å². The van der Waals surface area contributed by atoms with Gasteiger partial charge in [0.1, 0.15) is 0 Å². The molecule has 1 unspecified atom stereocenters. The maximum atomic E-state index is 10.2. The van der Waals surface area contributed by atoms with E-state index in [4.69, 9.17) is 16.9 Å². The van der Waals surface area contributed by atoms with Crippen LogP contribution in [0.5, 0.6) is 0 Å². The highest BCUT2D eigenvalue weighted by atomic mass is 35.5. The van der Waals surface area contributed by atoms with Crippen LogP contribution in [0.3, 0.4) is 0 Å². The Balaban J connectivity index is 3.10. The van der Waals surface area contributed by atoms with Crippen LogP contribution in [-0.2, 0) is 0 Å². The summed E-state index contributed by atoms with van der Waals surface area (Å²) in [6.07, 6.45) is 0. The van der Waals surface area contributed by atoms with Gasteiger partial charge in [-0.05, 0) is 11.2 Å². The van der Waals surface area contributed by atoms with Crippen LogP contribution in [0.25, 0.3) is 0 Å². The molecule has 1 aromatic rings. The summed E-state index contributed by atoms with van der Waals surface area (Å²) in [5.74, 6) is 0. The van der Waals surface area contributed by atoms with Crippen molar-refractivity contribution in [1.29, 1.82) is 5.26 Å². The van der Waals surface area contributed by atoms with Crippen LogP contribution in [0, 0.1) is 16.2 Å². The smallest absolute Gasteiger partial charge is 0.195 e. The molecule has 0 aliphatic heterocycles. The number of nitroso groups, excluding NO2 is 1. The van der Waals surface area contributed by atoms with Gasteiger partial charge < -0.3 is 0 Å². The van der Waals surface area contributed by atoms with E-state index in [0.29, 0.717) is 10.6 Å². The minimum atomic E-state index is -1.00. The zero-order chi connectivity index (χ0) is 8.97. The molecule has 0 amide bonds. The average Bonchev–Trinajstić information content (AvgIpc) is 2.10. The number of benzene rings is 1. The molecule has 60 valence electrons. The Labute approximate surface area is 74.6 Å². The summed E-state index contributed by atoms with van der Waals surface area (Å²) in [4.78, 5) is 10.2. The van der Waals surface area contributed by atoms with E-state index in [1.165, 1.54) is 0 Å². The highest BCUT2D eigenvalue weighted by Crippen LogP contribution is 2.24. The first kappa shape index (κ1) is 8.69. The van der Waals surface area contributed by atoms with Crippen molar-refractivity contribution in [3.05, 3.63) is 39.8 Å². The van der Waals surface area contributed by atoms with E-state index >= 15 is 0 Å². The summed E-state index contributed by atoms with van der Waals surface area (Å²) in [6, 6.07) is 7.40. The topological polar surface area (TPSA) is 53.2 Å². The molecule has 0 heterocycles. The SMILES string of the molecule is N#CC(N=O)c1ccccc1Cl. The van der Waals surface area contributed by atoms with E-state index in [9.17, 15) is 4.91 Å². The van der Waals surface area contributed by atoms with Crippen LogP contribution in [0.4, 0.5) is 0 Å². The molecule has 0 spiro atoms. The molecule has 4 heteroatoms. The minimum absolute atomic E-state index is 0.392. The quantitative estimate of drug-likeness (QED) is 0.657. The van der Waals surface area contributed by atoms with Gasteiger partial charge in [-0.25, -0.2) is 0 Å². The second-order valence-corrected chi connectivity index (χ2v) is 2.57. The van der Waals surface area contributed by atoms with Crippen molar-refractivity contribution in [3.63, 3.8) is 0 Å². The van der Waals surface area contributed by atoms with Crippen molar-refractivity contribution in [1.82, 2.24) is 0 Å². The van der Waals surface area contributed by atoms with Gasteiger partial charge in [0.25, 0.3) is 0 Å². The maximum Gasteiger partial charge on any atom is 0.204 e. The van der Waals surface area contributed by atoms with Crippen LogP contribution in [0.2, 0.25) is 5.02 Å². The fourth-order valence-electron chi connectivity index (χ4n) is 0.847. The number of hydrogen-bond donors (Lipinski definition) is 0. The van der Waals surface area contributed by atoms with Gasteiger partial charge in [0.05, 0.1) is 6.07 Å². The Morgan fingerprint density at radius 1 is 1.50 bits per heavy atom. The van der Waals surface area contributed by atoms with Crippen molar-refractivity contribution in [2.24, 2.45) is 5.18 Å². The predicted octanol–water partition coefficient (Wildman–Crippen LogP) is 2.67. The first-order valence-corrected chi connectivity index (χ1v) is 3.64.